The van der Waals surface area contributed by atoms with Gasteiger partial charge in [0.15, 0.2) is 0 Å². The number of hydrogen-bond donors (Lipinski definition) is 2. The number of benzene rings is 1. The third-order valence-corrected chi connectivity index (χ3v) is 9.58. The van der Waals surface area contributed by atoms with Gasteiger partial charge in [0.25, 0.3) is 10.1 Å². The van der Waals surface area contributed by atoms with E-state index in [0.29, 0.717) is 6.42 Å². The molecule has 0 radical (unpaired) electrons. The van der Waals surface area contributed by atoms with E-state index in [1.165, 1.54) is 30.3 Å². The molecule has 0 atom stereocenters. The van der Waals surface area contributed by atoms with Crippen LogP contribution >= 0.6 is 0 Å². The minimum Gasteiger partial charge on any atom is -0.395 e. The quantitative estimate of drug-likeness (QED) is 0.480. The molecule has 0 heterocycles. The van der Waals surface area contributed by atoms with Crippen LogP contribution in [0.5, 0.6) is 0 Å². The normalized spacial score (nSPS) is 11.0. The molecule has 1 rings (SSSR count). The predicted octanol–water partition coefficient (Wildman–Crippen LogP) is 3.66. The summed E-state index contributed by atoms with van der Waals surface area (Å²) < 4.78 is 29.6. The molecule has 0 aromatic heterocycles. The lowest BCUT2D eigenvalue weighted by atomic mass is 10.2. The Morgan fingerprint density at radius 2 is 1.52 bits per heavy atom. The maximum Gasteiger partial charge on any atom is 0.294 e. The summed E-state index contributed by atoms with van der Waals surface area (Å²) in [5.74, 6) is 3.09. The number of aryl methyl sites for hydroxylation is 1. The zero-order valence-corrected chi connectivity index (χ0v) is 16.3. The van der Waals surface area contributed by atoms with Crippen LogP contribution in [-0.4, -0.2) is 32.8 Å². The Morgan fingerprint density at radius 3 is 1.87 bits per heavy atom. The Balaban J connectivity index is 0.000000422. The molecule has 0 saturated heterocycles. The van der Waals surface area contributed by atoms with Gasteiger partial charge in [0.05, 0.1) is 11.5 Å². The number of rotatable bonds is 5. The molecule has 0 saturated carbocycles. The smallest absolute Gasteiger partial charge is 0.294 e. The first-order valence-corrected chi connectivity index (χ1v) is 12.0. The molecule has 0 spiro atoms. The first-order valence-electron chi connectivity index (χ1n) is 7.89. The standard InChI is InChI=1S/C10H20OSi.C7H8O3S/c1-4-12(5-2,6-3)10-8-7-9-11;1-6-2-4-7(5-3-6)11(8,9)10/h11H,4-7,9H2,1-3H3;2-5H,1H3,(H,8,9,10). The molecule has 2 N–H and O–H groups in total. The molecule has 0 unspecified atom stereocenters. The predicted molar refractivity (Wildman–Crippen MR) is 97.7 cm³/mol. The Morgan fingerprint density at radius 1 is 1.04 bits per heavy atom. The lowest BCUT2D eigenvalue weighted by molar-refractivity contribution is 0.305. The van der Waals surface area contributed by atoms with E-state index in [-0.39, 0.29) is 11.5 Å². The van der Waals surface area contributed by atoms with E-state index in [0.717, 1.165) is 5.56 Å². The van der Waals surface area contributed by atoms with E-state index in [1.54, 1.807) is 12.1 Å². The molecule has 0 fully saturated rings. The second-order valence-corrected chi connectivity index (χ2v) is 11.8. The molecule has 0 aliphatic rings. The molecular formula is C17H28O4SSi. The minimum atomic E-state index is -4.02. The van der Waals surface area contributed by atoms with Crippen molar-refractivity contribution in [2.24, 2.45) is 0 Å². The molecule has 0 aliphatic carbocycles. The summed E-state index contributed by atoms with van der Waals surface area (Å²) in [6.07, 6.45) is 0.648. The molecule has 0 bridgehead atoms. The van der Waals surface area contributed by atoms with E-state index >= 15 is 0 Å². The van der Waals surface area contributed by atoms with Crippen LogP contribution < -0.4 is 0 Å². The van der Waals surface area contributed by atoms with Crippen molar-refractivity contribution in [2.75, 3.05) is 6.61 Å². The van der Waals surface area contributed by atoms with Gasteiger partial charge in [-0.2, -0.15) is 8.42 Å². The van der Waals surface area contributed by atoms with Gasteiger partial charge in [-0.05, 0) is 37.2 Å². The lowest BCUT2D eigenvalue weighted by Crippen LogP contribution is -2.29. The molecule has 0 aliphatic heterocycles. The van der Waals surface area contributed by atoms with Crippen molar-refractivity contribution < 1.29 is 18.1 Å². The fourth-order valence-electron chi connectivity index (χ4n) is 2.03. The van der Waals surface area contributed by atoms with Crippen molar-refractivity contribution in [1.82, 2.24) is 0 Å². The fraction of sp³-hybridized carbons (Fsp3) is 0.529. The largest absolute Gasteiger partial charge is 0.395 e. The maximum absolute atomic E-state index is 10.5. The summed E-state index contributed by atoms with van der Waals surface area (Å²) in [5.41, 5.74) is 4.37. The van der Waals surface area contributed by atoms with Crippen molar-refractivity contribution >= 4 is 18.2 Å². The summed E-state index contributed by atoms with van der Waals surface area (Å²) >= 11 is 0. The Labute approximate surface area is 141 Å². The van der Waals surface area contributed by atoms with E-state index in [1.807, 2.05) is 6.92 Å². The van der Waals surface area contributed by atoms with Gasteiger partial charge in [0, 0.05) is 6.42 Å². The van der Waals surface area contributed by atoms with Gasteiger partial charge >= 0.3 is 0 Å². The van der Waals surface area contributed by atoms with Gasteiger partial charge in [0.1, 0.15) is 8.07 Å². The minimum absolute atomic E-state index is 0.0666. The average Bonchev–Trinajstić information content (AvgIpc) is 2.52. The molecule has 130 valence electrons. The van der Waals surface area contributed by atoms with Gasteiger partial charge in [-0.15, -0.1) is 11.5 Å². The van der Waals surface area contributed by atoms with Gasteiger partial charge in [-0.3, -0.25) is 4.55 Å². The van der Waals surface area contributed by atoms with Gasteiger partial charge in [-0.25, -0.2) is 0 Å². The molecule has 23 heavy (non-hydrogen) atoms. The molecule has 4 nitrogen and oxygen atoms in total. The Bertz CT molecular complexity index is 600. The Kier molecular flexibility index (Phi) is 10.1. The molecule has 0 amide bonds. The van der Waals surface area contributed by atoms with Crippen molar-refractivity contribution in [2.45, 2.75) is 57.1 Å². The zero-order chi connectivity index (χ0) is 17.9. The van der Waals surface area contributed by atoms with Crippen LogP contribution in [0.4, 0.5) is 0 Å². The second-order valence-electron chi connectivity index (χ2n) is 5.40. The summed E-state index contributed by atoms with van der Waals surface area (Å²) in [4.78, 5) is -0.0666. The van der Waals surface area contributed by atoms with Crippen molar-refractivity contribution in [1.29, 1.82) is 0 Å². The highest BCUT2D eigenvalue weighted by Gasteiger charge is 2.23. The first kappa shape index (κ1) is 21.9. The summed E-state index contributed by atoms with van der Waals surface area (Å²) in [5, 5.41) is 8.59. The van der Waals surface area contributed by atoms with Crippen molar-refractivity contribution in [3.05, 3.63) is 29.8 Å². The number of aliphatic hydroxyl groups excluding tert-OH is 1. The molecular weight excluding hydrogens is 328 g/mol. The van der Waals surface area contributed by atoms with Crippen molar-refractivity contribution in [3.8, 4) is 11.5 Å². The molecule has 1 aromatic rings. The summed E-state index contributed by atoms with van der Waals surface area (Å²) in [6, 6.07) is 9.73. The van der Waals surface area contributed by atoms with Gasteiger partial charge in [0.2, 0.25) is 0 Å². The van der Waals surface area contributed by atoms with Crippen LogP contribution in [0.3, 0.4) is 0 Å². The monoisotopic (exact) mass is 356 g/mol. The van der Waals surface area contributed by atoms with Crippen LogP contribution in [0, 0.1) is 18.4 Å². The third kappa shape index (κ3) is 8.33. The van der Waals surface area contributed by atoms with E-state index in [2.05, 4.69) is 32.2 Å². The maximum atomic E-state index is 10.5. The van der Waals surface area contributed by atoms with Crippen molar-refractivity contribution in [3.63, 3.8) is 0 Å². The molecule has 6 heteroatoms. The van der Waals surface area contributed by atoms with E-state index < -0.39 is 18.2 Å². The van der Waals surface area contributed by atoms with E-state index in [4.69, 9.17) is 9.66 Å². The van der Waals surface area contributed by atoms with Crippen LogP contribution in [0.2, 0.25) is 18.1 Å². The first-order chi connectivity index (χ1) is 10.7. The summed E-state index contributed by atoms with van der Waals surface area (Å²) in [6.45, 7) is 8.77. The Hall–Kier alpha value is -1.13. The average molecular weight is 357 g/mol. The second kappa shape index (κ2) is 10.6. The number of aliphatic hydroxyl groups is 1. The lowest BCUT2D eigenvalue weighted by Gasteiger charge is -2.19. The van der Waals surface area contributed by atoms with Gasteiger partial charge < -0.3 is 5.11 Å². The third-order valence-electron chi connectivity index (χ3n) is 3.94. The van der Waals surface area contributed by atoms with Crippen LogP contribution in [0.1, 0.15) is 32.8 Å². The topological polar surface area (TPSA) is 74.6 Å². The van der Waals surface area contributed by atoms with E-state index in [9.17, 15) is 8.42 Å². The highest BCUT2D eigenvalue weighted by atomic mass is 32.2. The SMILES string of the molecule is CC[Si](C#CCCO)(CC)CC.Cc1ccc(S(=O)(=O)O)cc1. The summed E-state index contributed by atoms with van der Waals surface area (Å²) in [7, 11) is -5.25. The number of hydrogen-bond acceptors (Lipinski definition) is 3. The highest BCUT2D eigenvalue weighted by molar-refractivity contribution is 7.85. The van der Waals surface area contributed by atoms with Crippen LogP contribution in [0.25, 0.3) is 0 Å². The fourth-order valence-corrected chi connectivity index (χ4v) is 5.04. The van der Waals surface area contributed by atoms with Crippen LogP contribution in [-0.2, 0) is 10.1 Å². The highest BCUT2D eigenvalue weighted by Crippen LogP contribution is 2.18. The van der Waals surface area contributed by atoms with Crippen LogP contribution in [0.15, 0.2) is 29.2 Å². The molecule has 1 aromatic carbocycles. The zero-order valence-electron chi connectivity index (χ0n) is 14.5. The van der Waals surface area contributed by atoms with Gasteiger partial charge in [-0.1, -0.05) is 38.5 Å².